The smallest absolute Gasteiger partial charge is 0.335 e. The fraction of sp³-hybridized carbons (Fsp3) is 0.375. The van der Waals surface area contributed by atoms with E-state index in [4.69, 9.17) is 9.47 Å². The zero-order valence-electron chi connectivity index (χ0n) is 15.8. The molecule has 158 valence electrons. The van der Waals surface area contributed by atoms with E-state index in [0.717, 1.165) is 6.07 Å². The first kappa shape index (κ1) is 22.2. The predicted molar refractivity (Wildman–Crippen MR) is 98.9 cm³/mol. The number of nitrogens with one attached hydrogen (secondary N) is 2. The summed E-state index contributed by atoms with van der Waals surface area (Å²) in [6.45, 7) is 1.49. The molecule has 0 fully saturated rings. The average molecular weight is 429 g/mol. The Bertz CT molecular complexity index is 952. The number of halogens is 1. The van der Waals surface area contributed by atoms with E-state index < -0.39 is 38.9 Å². The first-order chi connectivity index (χ1) is 13.7. The second-order valence-electron chi connectivity index (χ2n) is 5.59. The third-order valence-electron chi connectivity index (χ3n) is 3.65. The van der Waals surface area contributed by atoms with Gasteiger partial charge in [0.1, 0.15) is 17.2 Å². The minimum Gasteiger partial charge on any atom is -0.481 e. The van der Waals surface area contributed by atoms with E-state index in [1.54, 1.807) is 4.72 Å². The SMILES string of the molecule is CCC(F)C(O)c1ncccc1S(=O)(=O)NC(=O)Nc1nc(OC)cc(OC)n1. The van der Waals surface area contributed by atoms with Gasteiger partial charge in [-0.1, -0.05) is 6.92 Å². The molecule has 0 aliphatic heterocycles. The molecule has 2 unspecified atom stereocenters. The summed E-state index contributed by atoms with van der Waals surface area (Å²) in [6.07, 6.45) is -2.36. The number of amides is 2. The number of carbonyl (C=O) groups is 1. The Hall–Kier alpha value is -3.06. The predicted octanol–water partition coefficient (Wildman–Crippen LogP) is 1.18. The molecule has 11 nitrogen and oxygen atoms in total. The monoisotopic (exact) mass is 429 g/mol. The van der Waals surface area contributed by atoms with Crippen LogP contribution >= 0.6 is 0 Å². The number of rotatable bonds is 8. The highest BCUT2D eigenvalue weighted by atomic mass is 32.2. The van der Waals surface area contributed by atoms with Crippen LogP contribution in [-0.4, -0.2) is 54.9 Å². The lowest BCUT2D eigenvalue weighted by molar-refractivity contribution is 0.0695. The van der Waals surface area contributed by atoms with Crippen LogP contribution in [-0.2, 0) is 10.0 Å². The van der Waals surface area contributed by atoms with Crippen molar-refractivity contribution in [3.63, 3.8) is 0 Å². The van der Waals surface area contributed by atoms with E-state index in [2.05, 4.69) is 20.3 Å². The van der Waals surface area contributed by atoms with Crippen molar-refractivity contribution >= 4 is 22.0 Å². The molecular weight excluding hydrogens is 409 g/mol. The van der Waals surface area contributed by atoms with Gasteiger partial charge >= 0.3 is 6.03 Å². The van der Waals surface area contributed by atoms with Crippen LogP contribution in [0, 0.1) is 0 Å². The molecule has 0 saturated carbocycles. The van der Waals surface area contributed by atoms with Crippen molar-refractivity contribution in [2.45, 2.75) is 30.5 Å². The topological polar surface area (TPSA) is 153 Å². The highest BCUT2D eigenvalue weighted by Gasteiger charge is 2.29. The number of sulfonamides is 1. The first-order valence-electron chi connectivity index (χ1n) is 8.29. The molecule has 29 heavy (non-hydrogen) atoms. The van der Waals surface area contributed by atoms with Crippen LogP contribution in [0.5, 0.6) is 11.8 Å². The molecule has 0 aliphatic rings. The van der Waals surface area contributed by atoms with Crippen LogP contribution in [0.4, 0.5) is 15.1 Å². The van der Waals surface area contributed by atoms with Gasteiger partial charge in [0.05, 0.1) is 26.0 Å². The first-order valence-corrected chi connectivity index (χ1v) is 9.78. The third kappa shape index (κ3) is 5.48. The molecule has 0 aliphatic carbocycles. The van der Waals surface area contributed by atoms with Crippen molar-refractivity contribution in [3.8, 4) is 11.8 Å². The number of urea groups is 1. The molecule has 0 radical (unpaired) electrons. The number of alkyl halides is 1. The molecule has 2 heterocycles. The van der Waals surface area contributed by atoms with E-state index in [1.807, 2.05) is 0 Å². The highest BCUT2D eigenvalue weighted by Crippen LogP contribution is 2.25. The van der Waals surface area contributed by atoms with Gasteiger partial charge in [-0.2, -0.15) is 9.97 Å². The van der Waals surface area contributed by atoms with Crippen LogP contribution in [0.1, 0.15) is 25.1 Å². The molecule has 0 spiro atoms. The Labute approximate surface area is 166 Å². The number of carbonyl (C=O) groups excluding carboxylic acids is 1. The number of ether oxygens (including phenoxy) is 2. The van der Waals surface area contributed by atoms with Gasteiger partial charge < -0.3 is 14.6 Å². The highest BCUT2D eigenvalue weighted by molar-refractivity contribution is 7.90. The summed E-state index contributed by atoms with van der Waals surface area (Å²) in [5.41, 5.74) is -0.415. The number of aliphatic hydroxyl groups excluding tert-OH is 1. The Kier molecular flexibility index (Phi) is 7.23. The van der Waals surface area contributed by atoms with Crippen LogP contribution in [0.25, 0.3) is 0 Å². The second-order valence-corrected chi connectivity index (χ2v) is 7.24. The van der Waals surface area contributed by atoms with Crippen LogP contribution < -0.4 is 19.5 Å². The minimum atomic E-state index is -4.50. The maximum absolute atomic E-state index is 13.8. The summed E-state index contributed by atoms with van der Waals surface area (Å²) in [4.78, 5) is 23.0. The molecule has 2 rings (SSSR count). The zero-order chi connectivity index (χ0) is 21.6. The standard InChI is InChI=1S/C16H20FN5O6S/c1-4-9(17)14(23)13-10(6-5-7-18-13)29(25,26)22-16(24)21-15-19-11(27-2)8-12(20-15)28-3/h5-9,14,23H,4H2,1-3H3,(H2,19,20,21,22,24). The van der Waals surface area contributed by atoms with Crippen molar-refractivity contribution in [3.05, 3.63) is 30.1 Å². The molecule has 2 aromatic rings. The Morgan fingerprint density at radius 3 is 2.45 bits per heavy atom. The van der Waals surface area contributed by atoms with Crippen LogP contribution in [0.15, 0.2) is 29.3 Å². The molecule has 0 saturated heterocycles. The number of hydrogen-bond donors (Lipinski definition) is 3. The fourth-order valence-electron chi connectivity index (χ4n) is 2.22. The Morgan fingerprint density at radius 2 is 1.90 bits per heavy atom. The molecule has 13 heteroatoms. The van der Waals surface area contributed by atoms with Crippen molar-refractivity contribution in [2.24, 2.45) is 0 Å². The molecular formula is C16H20FN5O6S. The zero-order valence-corrected chi connectivity index (χ0v) is 16.6. The quantitative estimate of drug-likeness (QED) is 0.561. The van der Waals surface area contributed by atoms with E-state index in [1.165, 1.54) is 39.5 Å². The van der Waals surface area contributed by atoms with Gasteiger partial charge in [0.25, 0.3) is 10.0 Å². The number of pyridine rings is 1. The van der Waals surface area contributed by atoms with Gasteiger partial charge in [-0.15, -0.1) is 0 Å². The molecule has 3 N–H and O–H groups in total. The Balaban J connectivity index is 2.25. The van der Waals surface area contributed by atoms with Gasteiger partial charge in [0, 0.05) is 6.20 Å². The van der Waals surface area contributed by atoms with Crippen molar-refractivity contribution in [1.82, 2.24) is 19.7 Å². The average Bonchev–Trinajstić information content (AvgIpc) is 2.71. The van der Waals surface area contributed by atoms with E-state index >= 15 is 0 Å². The molecule has 2 amide bonds. The van der Waals surface area contributed by atoms with Crippen molar-refractivity contribution < 1.29 is 32.2 Å². The molecule has 0 bridgehead atoms. The van der Waals surface area contributed by atoms with Gasteiger partial charge in [-0.25, -0.2) is 22.3 Å². The van der Waals surface area contributed by atoms with Crippen LogP contribution in [0.3, 0.4) is 0 Å². The lowest BCUT2D eigenvalue weighted by Gasteiger charge is -2.17. The number of aromatic nitrogens is 3. The number of aliphatic hydroxyl groups is 1. The summed E-state index contributed by atoms with van der Waals surface area (Å²) < 4.78 is 50.6. The maximum atomic E-state index is 13.8. The third-order valence-corrected chi connectivity index (χ3v) is 5.03. The fourth-order valence-corrected chi connectivity index (χ4v) is 3.33. The summed E-state index contributed by atoms with van der Waals surface area (Å²) in [5.74, 6) is -0.141. The van der Waals surface area contributed by atoms with Gasteiger partial charge in [-0.05, 0) is 18.6 Å². The Morgan fingerprint density at radius 1 is 1.28 bits per heavy atom. The van der Waals surface area contributed by atoms with Gasteiger partial charge in [0.15, 0.2) is 0 Å². The van der Waals surface area contributed by atoms with Crippen molar-refractivity contribution in [2.75, 3.05) is 19.5 Å². The molecule has 0 aromatic carbocycles. The van der Waals surface area contributed by atoms with E-state index in [0.29, 0.717) is 0 Å². The van der Waals surface area contributed by atoms with E-state index in [-0.39, 0.29) is 24.1 Å². The number of anilines is 1. The minimum absolute atomic E-state index is 0.0554. The van der Waals surface area contributed by atoms with Crippen molar-refractivity contribution in [1.29, 1.82) is 0 Å². The largest absolute Gasteiger partial charge is 0.481 e. The lowest BCUT2D eigenvalue weighted by atomic mass is 10.1. The number of hydrogen-bond acceptors (Lipinski definition) is 9. The summed E-state index contributed by atoms with van der Waals surface area (Å²) in [6, 6.07) is 2.52. The summed E-state index contributed by atoms with van der Waals surface area (Å²) in [7, 11) is -1.83. The number of nitrogens with zero attached hydrogens (tertiary/aromatic N) is 3. The van der Waals surface area contributed by atoms with Gasteiger partial charge in [-0.3, -0.25) is 10.3 Å². The second kappa shape index (κ2) is 9.43. The van der Waals surface area contributed by atoms with Gasteiger partial charge in [0.2, 0.25) is 17.7 Å². The normalized spacial score (nSPS) is 13.3. The molecule has 2 aromatic heterocycles. The summed E-state index contributed by atoms with van der Waals surface area (Å²) in [5, 5.41) is 12.2. The molecule has 2 atom stereocenters. The maximum Gasteiger partial charge on any atom is 0.335 e. The van der Waals surface area contributed by atoms with E-state index in [9.17, 15) is 22.7 Å². The van der Waals surface area contributed by atoms with Crippen LogP contribution in [0.2, 0.25) is 0 Å². The summed E-state index contributed by atoms with van der Waals surface area (Å²) >= 11 is 0. The number of methoxy groups -OCH3 is 2. The lowest BCUT2D eigenvalue weighted by Crippen LogP contribution is -2.36.